The predicted octanol–water partition coefficient (Wildman–Crippen LogP) is 1.13. The van der Waals surface area contributed by atoms with E-state index in [0.717, 1.165) is 0 Å². The number of carbonyl (C=O) groups excluding carboxylic acids is 1. The van der Waals surface area contributed by atoms with Gasteiger partial charge in [0.15, 0.2) is 6.10 Å². The van der Waals surface area contributed by atoms with E-state index in [9.17, 15) is 17.6 Å². The summed E-state index contributed by atoms with van der Waals surface area (Å²) in [4.78, 5) is 12.1. The van der Waals surface area contributed by atoms with Crippen LogP contribution in [0.15, 0.2) is 24.3 Å². The summed E-state index contributed by atoms with van der Waals surface area (Å²) in [6.45, 7) is 2.41. The van der Waals surface area contributed by atoms with Gasteiger partial charge in [0.2, 0.25) is 10.0 Å². The molecule has 0 aromatic heterocycles. The first kappa shape index (κ1) is 17.7. The maximum Gasteiger partial charge on any atom is 0.260 e. The summed E-state index contributed by atoms with van der Waals surface area (Å²) in [7, 11) is -3.17. The first-order valence-corrected chi connectivity index (χ1v) is 9.28. The molecule has 2 rings (SSSR count). The largest absolute Gasteiger partial charge is 0.481 e. The van der Waals surface area contributed by atoms with E-state index in [4.69, 9.17) is 4.74 Å². The van der Waals surface area contributed by atoms with E-state index < -0.39 is 16.1 Å². The van der Waals surface area contributed by atoms with Gasteiger partial charge >= 0.3 is 0 Å². The Bertz CT molecular complexity index is 640. The average molecular weight is 344 g/mol. The number of ether oxygens (including phenoxy) is 1. The second kappa shape index (κ2) is 7.27. The number of nitrogens with zero attached hydrogens (tertiary/aromatic N) is 1. The van der Waals surface area contributed by atoms with Gasteiger partial charge in [-0.3, -0.25) is 4.79 Å². The van der Waals surface area contributed by atoms with Crippen molar-refractivity contribution in [3.8, 4) is 5.75 Å². The molecule has 1 N–H and O–H groups in total. The number of nitrogens with one attached hydrogen (secondary N) is 1. The number of hydrogen-bond acceptors (Lipinski definition) is 4. The van der Waals surface area contributed by atoms with Gasteiger partial charge in [-0.05, 0) is 44.0 Å². The van der Waals surface area contributed by atoms with Crippen LogP contribution in [0.1, 0.15) is 19.8 Å². The fourth-order valence-electron chi connectivity index (χ4n) is 2.42. The van der Waals surface area contributed by atoms with E-state index in [0.29, 0.717) is 31.7 Å². The minimum Gasteiger partial charge on any atom is -0.481 e. The molecular weight excluding hydrogens is 323 g/mol. The van der Waals surface area contributed by atoms with Crippen molar-refractivity contribution in [3.05, 3.63) is 30.1 Å². The van der Waals surface area contributed by atoms with Crippen molar-refractivity contribution in [1.29, 1.82) is 0 Å². The SMILES string of the molecule is C[C@H](Oc1ccc(F)cc1)C(=O)NC1CCN(S(C)(=O)=O)CC1. The smallest absolute Gasteiger partial charge is 0.260 e. The third kappa shape index (κ3) is 5.18. The van der Waals surface area contributed by atoms with Gasteiger partial charge in [-0.2, -0.15) is 0 Å². The van der Waals surface area contributed by atoms with E-state index in [1.807, 2.05) is 0 Å². The lowest BCUT2D eigenvalue weighted by Gasteiger charge is -2.31. The fraction of sp³-hybridized carbons (Fsp3) is 0.533. The van der Waals surface area contributed by atoms with E-state index in [1.54, 1.807) is 6.92 Å². The number of piperidine rings is 1. The van der Waals surface area contributed by atoms with Crippen molar-refractivity contribution in [2.75, 3.05) is 19.3 Å². The number of benzene rings is 1. The average Bonchev–Trinajstić information content (AvgIpc) is 2.49. The highest BCUT2D eigenvalue weighted by atomic mass is 32.2. The molecule has 8 heteroatoms. The standard InChI is InChI=1S/C15H21FN2O4S/c1-11(22-14-5-3-12(16)4-6-14)15(19)17-13-7-9-18(10-8-13)23(2,20)21/h3-6,11,13H,7-10H2,1-2H3,(H,17,19)/t11-/m0/s1. The summed E-state index contributed by atoms with van der Waals surface area (Å²) >= 11 is 0. The Balaban J connectivity index is 1.81. The van der Waals surface area contributed by atoms with Gasteiger partial charge in [-0.15, -0.1) is 0 Å². The van der Waals surface area contributed by atoms with E-state index in [-0.39, 0.29) is 17.8 Å². The van der Waals surface area contributed by atoms with Crippen LogP contribution in [0.5, 0.6) is 5.75 Å². The van der Waals surface area contributed by atoms with Crippen LogP contribution in [0.25, 0.3) is 0 Å². The normalized spacial score (nSPS) is 18.4. The minimum absolute atomic E-state index is 0.0697. The Morgan fingerprint density at radius 2 is 1.87 bits per heavy atom. The van der Waals surface area contributed by atoms with Crippen LogP contribution in [0.2, 0.25) is 0 Å². The Morgan fingerprint density at radius 1 is 1.30 bits per heavy atom. The van der Waals surface area contributed by atoms with E-state index >= 15 is 0 Å². The quantitative estimate of drug-likeness (QED) is 0.869. The molecule has 0 radical (unpaired) electrons. The van der Waals surface area contributed by atoms with Crippen molar-refractivity contribution >= 4 is 15.9 Å². The minimum atomic E-state index is -3.17. The molecule has 1 aliphatic heterocycles. The van der Waals surface area contributed by atoms with Crippen molar-refractivity contribution < 1.29 is 22.3 Å². The highest BCUT2D eigenvalue weighted by Crippen LogP contribution is 2.15. The maximum absolute atomic E-state index is 12.8. The summed E-state index contributed by atoms with van der Waals surface area (Å²) < 4.78 is 42.6. The van der Waals surface area contributed by atoms with Gasteiger partial charge in [-0.1, -0.05) is 0 Å². The number of halogens is 1. The molecule has 1 heterocycles. The molecule has 1 aliphatic rings. The molecule has 1 aromatic carbocycles. The Labute approximate surface area is 135 Å². The van der Waals surface area contributed by atoms with Crippen molar-refractivity contribution in [3.63, 3.8) is 0 Å². The molecule has 1 atom stereocenters. The van der Waals surface area contributed by atoms with E-state index in [1.165, 1.54) is 34.8 Å². The lowest BCUT2D eigenvalue weighted by atomic mass is 10.1. The zero-order valence-corrected chi connectivity index (χ0v) is 14.0. The zero-order valence-electron chi connectivity index (χ0n) is 13.2. The Morgan fingerprint density at radius 3 is 2.39 bits per heavy atom. The van der Waals surface area contributed by atoms with Crippen LogP contribution in [0.4, 0.5) is 4.39 Å². The molecule has 0 saturated carbocycles. The molecular formula is C15H21FN2O4S. The van der Waals surface area contributed by atoms with Gasteiger partial charge < -0.3 is 10.1 Å². The molecule has 128 valence electrons. The third-order valence-electron chi connectivity index (χ3n) is 3.77. The molecule has 23 heavy (non-hydrogen) atoms. The molecule has 0 spiro atoms. The third-order valence-corrected chi connectivity index (χ3v) is 5.07. The molecule has 0 unspecified atom stereocenters. The second-order valence-electron chi connectivity index (χ2n) is 5.66. The Kier molecular flexibility index (Phi) is 5.59. The maximum atomic E-state index is 12.8. The molecule has 1 fully saturated rings. The molecule has 1 aromatic rings. The molecule has 0 aliphatic carbocycles. The van der Waals surface area contributed by atoms with Gasteiger partial charge in [0.05, 0.1) is 6.26 Å². The highest BCUT2D eigenvalue weighted by Gasteiger charge is 2.27. The number of amides is 1. The van der Waals surface area contributed by atoms with Crippen LogP contribution in [0.3, 0.4) is 0 Å². The fourth-order valence-corrected chi connectivity index (χ4v) is 3.30. The first-order chi connectivity index (χ1) is 10.8. The first-order valence-electron chi connectivity index (χ1n) is 7.43. The van der Waals surface area contributed by atoms with Gasteiger partial charge in [0.1, 0.15) is 11.6 Å². The van der Waals surface area contributed by atoms with Crippen LogP contribution >= 0.6 is 0 Å². The topological polar surface area (TPSA) is 75.7 Å². The molecule has 1 saturated heterocycles. The van der Waals surface area contributed by atoms with Gasteiger partial charge in [0.25, 0.3) is 5.91 Å². The highest BCUT2D eigenvalue weighted by molar-refractivity contribution is 7.88. The van der Waals surface area contributed by atoms with Crippen LogP contribution in [-0.4, -0.2) is 50.1 Å². The summed E-state index contributed by atoms with van der Waals surface area (Å²) in [6, 6.07) is 5.38. The number of hydrogen-bond donors (Lipinski definition) is 1. The van der Waals surface area contributed by atoms with Crippen molar-refractivity contribution in [1.82, 2.24) is 9.62 Å². The van der Waals surface area contributed by atoms with E-state index in [2.05, 4.69) is 5.32 Å². The Hall–Kier alpha value is -1.67. The summed E-state index contributed by atoms with van der Waals surface area (Å²) in [5.41, 5.74) is 0. The number of sulfonamides is 1. The zero-order chi connectivity index (χ0) is 17.0. The summed E-state index contributed by atoms with van der Waals surface area (Å²) in [5, 5.41) is 2.86. The van der Waals surface area contributed by atoms with Gasteiger partial charge in [-0.25, -0.2) is 17.1 Å². The van der Waals surface area contributed by atoms with Gasteiger partial charge in [0, 0.05) is 19.1 Å². The number of carbonyl (C=O) groups is 1. The lowest BCUT2D eigenvalue weighted by Crippen LogP contribution is -2.49. The monoisotopic (exact) mass is 344 g/mol. The van der Waals surface area contributed by atoms with Crippen molar-refractivity contribution in [2.24, 2.45) is 0 Å². The number of rotatable bonds is 5. The predicted molar refractivity (Wildman–Crippen MR) is 84.1 cm³/mol. The van der Waals surface area contributed by atoms with Crippen LogP contribution in [0, 0.1) is 5.82 Å². The van der Waals surface area contributed by atoms with Crippen LogP contribution in [-0.2, 0) is 14.8 Å². The second-order valence-corrected chi connectivity index (χ2v) is 7.64. The lowest BCUT2D eigenvalue weighted by molar-refractivity contribution is -0.128. The van der Waals surface area contributed by atoms with Crippen LogP contribution < -0.4 is 10.1 Å². The molecule has 6 nitrogen and oxygen atoms in total. The molecule has 1 amide bonds. The summed E-state index contributed by atoms with van der Waals surface area (Å²) in [5.74, 6) is -0.222. The molecule has 0 bridgehead atoms. The van der Waals surface area contributed by atoms with Crippen molar-refractivity contribution in [2.45, 2.75) is 31.9 Å². The summed E-state index contributed by atoms with van der Waals surface area (Å²) in [6.07, 6.45) is 1.61.